The van der Waals surface area contributed by atoms with Crippen LogP contribution in [0.25, 0.3) is 0 Å². The summed E-state index contributed by atoms with van der Waals surface area (Å²) in [5.41, 5.74) is 0.388. The van der Waals surface area contributed by atoms with Gasteiger partial charge in [-0.3, -0.25) is 4.79 Å². The van der Waals surface area contributed by atoms with E-state index in [2.05, 4.69) is 30.9 Å². The van der Waals surface area contributed by atoms with Gasteiger partial charge in [-0.25, -0.2) is 15.0 Å². The summed E-state index contributed by atoms with van der Waals surface area (Å²) in [6.07, 6.45) is 3.14. The van der Waals surface area contributed by atoms with Crippen molar-refractivity contribution in [3.63, 3.8) is 0 Å². The number of ether oxygens (including phenoxy) is 1. The fourth-order valence-corrected chi connectivity index (χ4v) is 2.58. The molecule has 2 heterocycles. The summed E-state index contributed by atoms with van der Waals surface area (Å²) in [4.78, 5) is 24.8. The van der Waals surface area contributed by atoms with Gasteiger partial charge in [-0.15, -0.1) is 0 Å². The van der Waals surface area contributed by atoms with Crippen LogP contribution in [-0.4, -0.2) is 41.1 Å². The minimum atomic E-state index is -0.263. The Morgan fingerprint density at radius 2 is 1.89 bits per heavy atom. The molecule has 1 amide bonds. The molecule has 9 heteroatoms. The number of rotatable bonds is 8. The van der Waals surface area contributed by atoms with Crippen molar-refractivity contribution < 1.29 is 9.53 Å². The van der Waals surface area contributed by atoms with Crippen molar-refractivity contribution in [3.8, 4) is 5.75 Å². The Morgan fingerprint density at radius 1 is 1.04 bits per heavy atom. The lowest BCUT2D eigenvalue weighted by Crippen LogP contribution is -2.29. The van der Waals surface area contributed by atoms with Crippen molar-refractivity contribution in [2.75, 3.05) is 30.8 Å². The Labute approximate surface area is 167 Å². The molecule has 3 N–H and O–H groups in total. The van der Waals surface area contributed by atoms with Crippen LogP contribution in [0.2, 0.25) is 5.02 Å². The number of aromatic nitrogens is 3. The highest BCUT2D eigenvalue weighted by Crippen LogP contribution is 2.22. The van der Waals surface area contributed by atoms with Crippen LogP contribution in [0.5, 0.6) is 5.75 Å². The Morgan fingerprint density at radius 3 is 2.68 bits per heavy atom. The third-order valence-electron chi connectivity index (χ3n) is 3.71. The van der Waals surface area contributed by atoms with E-state index >= 15 is 0 Å². The molecular weight excluding hydrogens is 380 g/mol. The number of anilines is 3. The van der Waals surface area contributed by atoms with Crippen molar-refractivity contribution in [2.24, 2.45) is 0 Å². The zero-order chi connectivity index (χ0) is 19.8. The summed E-state index contributed by atoms with van der Waals surface area (Å²) < 4.78 is 5.19. The minimum absolute atomic E-state index is 0.263. The molecule has 0 fully saturated rings. The Balaban J connectivity index is 1.51. The van der Waals surface area contributed by atoms with Gasteiger partial charge in [0.1, 0.15) is 29.5 Å². The van der Waals surface area contributed by atoms with Crippen LogP contribution in [0, 0.1) is 0 Å². The van der Waals surface area contributed by atoms with Gasteiger partial charge in [-0.05, 0) is 30.3 Å². The molecule has 3 aromatic rings. The molecule has 8 nitrogen and oxygen atoms in total. The number of methoxy groups -OCH3 is 1. The highest BCUT2D eigenvalue weighted by atomic mass is 35.5. The van der Waals surface area contributed by atoms with Gasteiger partial charge < -0.3 is 20.7 Å². The van der Waals surface area contributed by atoms with Crippen LogP contribution in [-0.2, 0) is 0 Å². The molecule has 0 unspecified atom stereocenters. The monoisotopic (exact) mass is 398 g/mol. The predicted molar refractivity (Wildman–Crippen MR) is 108 cm³/mol. The summed E-state index contributed by atoms with van der Waals surface area (Å²) in [5.74, 6) is 2.14. The number of carbonyl (C=O) groups is 1. The molecular formula is C19H19ClN6O2. The first-order valence-corrected chi connectivity index (χ1v) is 8.89. The van der Waals surface area contributed by atoms with Gasteiger partial charge in [-0.1, -0.05) is 17.7 Å². The average molecular weight is 399 g/mol. The molecule has 0 aliphatic carbocycles. The van der Waals surface area contributed by atoms with Gasteiger partial charge in [0.15, 0.2) is 0 Å². The maximum absolute atomic E-state index is 12.3. The fraction of sp³-hybridized carbons (Fsp3) is 0.158. The third-order valence-corrected chi connectivity index (χ3v) is 3.95. The summed E-state index contributed by atoms with van der Waals surface area (Å²) in [6.45, 7) is 0.871. The van der Waals surface area contributed by atoms with Crippen LogP contribution in [0.3, 0.4) is 0 Å². The van der Waals surface area contributed by atoms with E-state index in [0.29, 0.717) is 46.9 Å². The number of benzene rings is 1. The zero-order valence-corrected chi connectivity index (χ0v) is 15.9. The molecule has 2 aromatic heterocycles. The largest absolute Gasteiger partial charge is 0.496 e. The van der Waals surface area contributed by atoms with Gasteiger partial charge >= 0.3 is 0 Å². The number of hydrogen-bond donors (Lipinski definition) is 3. The van der Waals surface area contributed by atoms with Crippen molar-refractivity contribution in [1.82, 2.24) is 20.3 Å². The number of nitrogens with one attached hydrogen (secondary N) is 3. The van der Waals surface area contributed by atoms with Crippen molar-refractivity contribution >= 4 is 35.0 Å². The lowest BCUT2D eigenvalue weighted by molar-refractivity contribution is 0.0952. The van der Waals surface area contributed by atoms with E-state index in [4.69, 9.17) is 16.3 Å². The number of halogens is 1. The van der Waals surface area contributed by atoms with Gasteiger partial charge in [0.25, 0.3) is 5.91 Å². The molecule has 0 aliphatic rings. The third kappa shape index (κ3) is 5.31. The molecule has 144 valence electrons. The van der Waals surface area contributed by atoms with Crippen molar-refractivity contribution in [2.45, 2.75) is 0 Å². The van der Waals surface area contributed by atoms with Gasteiger partial charge in [0, 0.05) is 30.4 Å². The average Bonchev–Trinajstić information content (AvgIpc) is 2.72. The van der Waals surface area contributed by atoms with Crippen molar-refractivity contribution in [3.05, 3.63) is 65.6 Å². The lowest BCUT2D eigenvalue weighted by Gasteiger charge is -2.11. The first-order chi connectivity index (χ1) is 13.7. The molecule has 0 radical (unpaired) electrons. The van der Waals surface area contributed by atoms with Crippen LogP contribution in [0.15, 0.2) is 55.0 Å². The molecule has 0 saturated carbocycles. The second kappa shape index (κ2) is 9.52. The summed E-state index contributed by atoms with van der Waals surface area (Å²) in [6, 6.07) is 12.2. The summed E-state index contributed by atoms with van der Waals surface area (Å²) >= 11 is 5.96. The number of carbonyl (C=O) groups excluding carboxylic acids is 1. The molecule has 0 bridgehead atoms. The van der Waals surface area contributed by atoms with E-state index in [1.54, 1.807) is 30.5 Å². The Bertz CT molecular complexity index is 939. The van der Waals surface area contributed by atoms with Crippen LogP contribution in [0.1, 0.15) is 10.4 Å². The predicted octanol–water partition coefficient (Wildman–Crippen LogP) is 3.12. The second-order valence-electron chi connectivity index (χ2n) is 5.66. The first kappa shape index (κ1) is 19.4. The van der Waals surface area contributed by atoms with Gasteiger partial charge in [-0.2, -0.15) is 0 Å². The van der Waals surface area contributed by atoms with E-state index in [-0.39, 0.29) is 5.91 Å². The van der Waals surface area contributed by atoms with Gasteiger partial charge in [0.05, 0.1) is 12.7 Å². The molecule has 28 heavy (non-hydrogen) atoms. The lowest BCUT2D eigenvalue weighted by atomic mass is 10.2. The standard InChI is InChI=1S/C19H19ClN6O2/c1-28-15-6-5-13(20)10-14(15)19(27)23-9-8-22-17-11-18(25-12-24-17)26-16-4-2-3-7-21-16/h2-7,10-12H,8-9H2,1H3,(H,23,27)(H2,21,22,24,25,26). The van der Waals surface area contributed by atoms with E-state index in [9.17, 15) is 4.79 Å². The van der Waals surface area contributed by atoms with E-state index in [1.165, 1.54) is 13.4 Å². The van der Waals surface area contributed by atoms with E-state index < -0.39 is 0 Å². The maximum atomic E-state index is 12.3. The fourth-order valence-electron chi connectivity index (χ4n) is 2.41. The second-order valence-corrected chi connectivity index (χ2v) is 6.09. The van der Waals surface area contributed by atoms with E-state index in [0.717, 1.165) is 0 Å². The molecule has 0 saturated heterocycles. The number of hydrogen-bond acceptors (Lipinski definition) is 7. The quantitative estimate of drug-likeness (QED) is 0.501. The summed E-state index contributed by atoms with van der Waals surface area (Å²) in [7, 11) is 1.51. The first-order valence-electron chi connectivity index (χ1n) is 8.51. The van der Waals surface area contributed by atoms with Crippen LogP contribution in [0.4, 0.5) is 17.5 Å². The maximum Gasteiger partial charge on any atom is 0.255 e. The minimum Gasteiger partial charge on any atom is -0.496 e. The molecule has 3 rings (SSSR count). The molecule has 0 atom stereocenters. The molecule has 0 aliphatic heterocycles. The van der Waals surface area contributed by atoms with Crippen LogP contribution >= 0.6 is 11.6 Å². The van der Waals surface area contributed by atoms with Gasteiger partial charge in [0.2, 0.25) is 0 Å². The SMILES string of the molecule is COc1ccc(Cl)cc1C(=O)NCCNc1cc(Nc2ccccn2)ncn1. The number of nitrogens with zero attached hydrogens (tertiary/aromatic N) is 3. The smallest absolute Gasteiger partial charge is 0.255 e. The number of pyridine rings is 1. The molecule has 0 spiro atoms. The van der Waals surface area contributed by atoms with E-state index in [1.807, 2.05) is 18.2 Å². The van der Waals surface area contributed by atoms with Crippen LogP contribution < -0.4 is 20.7 Å². The highest BCUT2D eigenvalue weighted by molar-refractivity contribution is 6.31. The Hall–Kier alpha value is -3.39. The normalized spacial score (nSPS) is 10.2. The summed E-state index contributed by atoms with van der Waals surface area (Å²) in [5, 5.41) is 9.51. The molecule has 1 aromatic carbocycles. The Kier molecular flexibility index (Phi) is 6.59. The zero-order valence-electron chi connectivity index (χ0n) is 15.1. The number of amides is 1. The topological polar surface area (TPSA) is 101 Å². The van der Waals surface area contributed by atoms with Crippen molar-refractivity contribution in [1.29, 1.82) is 0 Å². The highest BCUT2D eigenvalue weighted by Gasteiger charge is 2.12.